The smallest absolute Gasteiger partial charge is 0.289 e. The average Bonchev–Trinajstić information content (AvgIpc) is 2.89. The van der Waals surface area contributed by atoms with Crippen LogP contribution in [0.15, 0.2) is 23.4 Å². The van der Waals surface area contributed by atoms with Crippen molar-refractivity contribution in [3.63, 3.8) is 0 Å². The lowest BCUT2D eigenvalue weighted by molar-refractivity contribution is -0.114. The first-order valence-corrected chi connectivity index (χ1v) is 10.4. The molecule has 0 saturated heterocycles. The van der Waals surface area contributed by atoms with Crippen LogP contribution < -0.4 is 10.5 Å². The standard InChI is InChI=1S/C17H19F4N5O3S/c1-9-13(15(27)24-11-3-4-23-12(5-11)30(22,28)29)26(25-14(9)16(2,18)19)8-10-6-17(20,21)7-10/h3-5,10H,6-8H2,1-2H3,(H2,22,28,29)(H,23,24,27). The fourth-order valence-corrected chi connectivity index (χ4v) is 3.88. The predicted octanol–water partition coefficient (Wildman–Crippen LogP) is 2.64. The molecule has 3 rings (SSSR count). The normalized spacial score (nSPS) is 16.9. The Hall–Kier alpha value is -2.54. The number of primary sulfonamides is 1. The van der Waals surface area contributed by atoms with Gasteiger partial charge in [-0.1, -0.05) is 0 Å². The van der Waals surface area contributed by atoms with Crippen LogP contribution >= 0.6 is 0 Å². The largest absolute Gasteiger partial charge is 0.321 e. The number of rotatable bonds is 6. The molecule has 0 atom stereocenters. The molecule has 1 saturated carbocycles. The molecule has 1 aliphatic carbocycles. The van der Waals surface area contributed by atoms with Gasteiger partial charge in [0.15, 0.2) is 5.03 Å². The summed E-state index contributed by atoms with van der Waals surface area (Å²) >= 11 is 0. The molecule has 0 aliphatic heterocycles. The Morgan fingerprint density at radius 1 is 1.40 bits per heavy atom. The SMILES string of the molecule is Cc1c(C(C)(F)F)nn(CC2CC(F)(F)C2)c1C(=O)Nc1ccnc(S(N)(=O)=O)c1. The van der Waals surface area contributed by atoms with Gasteiger partial charge < -0.3 is 5.32 Å². The number of pyridine rings is 1. The molecule has 0 bridgehead atoms. The van der Waals surface area contributed by atoms with Crippen LogP contribution in [-0.2, 0) is 22.5 Å². The van der Waals surface area contributed by atoms with Gasteiger partial charge in [0.25, 0.3) is 21.9 Å². The molecule has 8 nitrogen and oxygen atoms in total. The molecule has 13 heteroatoms. The van der Waals surface area contributed by atoms with Crippen molar-refractivity contribution in [2.75, 3.05) is 5.32 Å². The minimum Gasteiger partial charge on any atom is -0.321 e. The summed E-state index contributed by atoms with van der Waals surface area (Å²) in [5.74, 6) is -7.54. The zero-order valence-electron chi connectivity index (χ0n) is 16.0. The van der Waals surface area contributed by atoms with Crippen molar-refractivity contribution >= 4 is 21.6 Å². The predicted molar refractivity (Wildman–Crippen MR) is 97.8 cm³/mol. The van der Waals surface area contributed by atoms with Crippen LogP contribution in [0.4, 0.5) is 23.2 Å². The van der Waals surface area contributed by atoms with Crippen molar-refractivity contribution in [2.24, 2.45) is 11.1 Å². The van der Waals surface area contributed by atoms with Crippen LogP contribution in [0, 0.1) is 12.8 Å². The van der Waals surface area contributed by atoms with E-state index >= 15 is 0 Å². The maximum Gasteiger partial charge on any atom is 0.289 e. The van der Waals surface area contributed by atoms with Crippen LogP contribution in [0.5, 0.6) is 0 Å². The van der Waals surface area contributed by atoms with E-state index in [1.165, 1.54) is 13.0 Å². The van der Waals surface area contributed by atoms with Gasteiger partial charge in [-0.3, -0.25) is 9.48 Å². The number of nitrogens with one attached hydrogen (secondary N) is 1. The number of carbonyl (C=O) groups excluding carboxylic acids is 1. The first-order valence-electron chi connectivity index (χ1n) is 8.81. The molecule has 0 spiro atoms. The van der Waals surface area contributed by atoms with E-state index in [4.69, 9.17) is 5.14 Å². The number of amides is 1. The number of hydrogen-bond acceptors (Lipinski definition) is 5. The van der Waals surface area contributed by atoms with Crippen molar-refractivity contribution in [3.8, 4) is 0 Å². The summed E-state index contributed by atoms with van der Waals surface area (Å²) in [7, 11) is -4.13. The van der Waals surface area contributed by atoms with E-state index in [0.29, 0.717) is 6.92 Å². The molecule has 0 aromatic carbocycles. The van der Waals surface area contributed by atoms with Crippen molar-refractivity contribution in [1.29, 1.82) is 0 Å². The summed E-state index contributed by atoms with van der Waals surface area (Å²) in [6.07, 6.45) is 0.251. The van der Waals surface area contributed by atoms with Gasteiger partial charge in [-0.15, -0.1) is 0 Å². The summed E-state index contributed by atoms with van der Waals surface area (Å²) < 4.78 is 78.0. The Morgan fingerprint density at radius 3 is 2.57 bits per heavy atom. The Morgan fingerprint density at radius 2 is 2.03 bits per heavy atom. The third-order valence-corrected chi connectivity index (χ3v) is 5.52. The highest BCUT2D eigenvalue weighted by Gasteiger charge is 2.46. The van der Waals surface area contributed by atoms with E-state index in [9.17, 15) is 30.8 Å². The van der Waals surface area contributed by atoms with Crippen LogP contribution in [-0.4, -0.2) is 35.0 Å². The lowest BCUT2D eigenvalue weighted by Crippen LogP contribution is -2.38. The Balaban J connectivity index is 1.93. The number of carbonyl (C=O) groups is 1. The topological polar surface area (TPSA) is 120 Å². The molecule has 30 heavy (non-hydrogen) atoms. The van der Waals surface area contributed by atoms with E-state index in [-0.39, 0.29) is 23.5 Å². The second-order valence-corrected chi connectivity index (χ2v) is 8.91. The second-order valence-electron chi connectivity index (χ2n) is 7.40. The Bertz CT molecular complexity index is 1090. The zero-order chi connectivity index (χ0) is 22.5. The molecule has 2 aromatic rings. The van der Waals surface area contributed by atoms with Crippen LogP contribution in [0.3, 0.4) is 0 Å². The van der Waals surface area contributed by atoms with Gasteiger partial charge in [0, 0.05) is 49.8 Å². The van der Waals surface area contributed by atoms with Crippen LogP contribution in [0.2, 0.25) is 0 Å². The monoisotopic (exact) mass is 449 g/mol. The molecule has 2 aromatic heterocycles. The fourth-order valence-electron chi connectivity index (χ4n) is 3.38. The lowest BCUT2D eigenvalue weighted by Gasteiger charge is -2.35. The molecule has 0 unspecified atom stereocenters. The van der Waals surface area contributed by atoms with E-state index in [0.717, 1.165) is 16.9 Å². The summed E-state index contributed by atoms with van der Waals surface area (Å²) in [6, 6.07) is 2.29. The Labute approximate surface area is 169 Å². The number of nitrogens with two attached hydrogens (primary N) is 1. The maximum absolute atomic E-state index is 13.9. The molecule has 3 N–H and O–H groups in total. The summed E-state index contributed by atoms with van der Waals surface area (Å²) in [5, 5.41) is 10.7. The number of nitrogens with zero attached hydrogens (tertiary/aromatic N) is 3. The molecule has 1 amide bonds. The number of hydrogen-bond donors (Lipinski definition) is 2. The van der Waals surface area contributed by atoms with Gasteiger partial charge >= 0.3 is 0 Å². The number of sulfonamides is 1. The van der Waals surface area contributed by atoms with Crippen LogP contribution in [0.25, 0.3) is 0 Å². The van der Waals surface area contributed by atoms with Gasteiger partial charge in [0.1, 0.15) is 11.4 Å². The molecular formula is C17H19F4N5O3S. The highest BCUT2D eigenvalue weighted by Crippen LogP contribution is 2.43. The van der Waals surface area contributed by atoms with Crippen molar-refractivity contribution in [3.05, 3.63) is 35.3 Å². The fraction of sp³-hybridized carbons (Fsp3) is 0.471. The molecule has 164 valence electrons. The number of alkyl halides is 4. The average molecular weight is 449 g/mol. The number of aromatic nitrogens is 3. The number of anilines is 1. The first-order chi connectivity index (χ1) is 13.7. The summed E-state index contributed by atoms with van der Waals surface area (Å²) in [5.41, 5.74) is -0.965. The van der Waals surface area contributed by atoms with E-state index in [1.807, 2.05) is 0 Å². The quantitative estimate of drug-likeness (QED) is 0.657. The van der Waals surface area contributed by atoms with Crippen molar-refractivity contribution in [1.82, 2.24) is 14.8 Å². The van der Waals surface area contributed by atoms with Gasteiger partial charge in [-0.05, 0) is 18.9 Å². The minimum atomic E-state index is -4.13. The molecule has 1 fully saturated rings. The van der Waals surface area contributed by atoms with Gasteiger partial charge in [-0.25, -0.2) is 27.3 Å². The Kier molecular flexibility index (Phi) is 5.39. The highest BCUT2D eigenvalue weighted by molar-refractivity contribution is 7.89. The summed E-state index contributed by atoms with van der Waals surface area (Å²) in [4.78, 5) is 16.4. The molecule has 2 heterocycles. The van der Waals surface area contributed by atoms with Gasteiger partial charge in [0.2, 0.25) is 5.92 Å². The second kappa shape index (κ2) is 7.30. The van der Waals surface area contributed by atoms with Gasteiger partial charge in [0.05, 0.1) is 0 Å². The zero-order valence-corrected chi connectivity index (χ0v) is 16.8. The number of halogens is 4. The van der Waals surface area contributed by atoms with E-state index in [1.54, 1.807) is 0 Å². The molecular weight excluding hydrogens is 430 g/mol. The van der Waals surface area contributed by atoms with E-state index < -0.39 is 57.3 Å². The minimum absolute atomic E-state index is 0.00570. The highest BCUT2D eigenvalue weighted by atomic mass is 32.2. The van der Waals surface area contributed by atoms with E-state index in [2.05, 4.69) is 15.4 Å². The lowest BCUT2D eigenvalue weighted by atomic mass is 9.81. The third-order valence-electron chi connectivity index (χ3n) is 4.71. The van der Waals surface area contributed by atoms with Crippen molar-refractivity contribution < 1.29 is 30.8 Å². The third kappa shape index (κ3) is 4.61. The summed E-state index contributed by atoms with van der Waals surface area (Å²) in [6.45, 7) is 1.77. The first kappa shape index (κ1) is 22.2. The maximum atomic E-state index is 13.9. The molecule has 0 radical (unpaired) electrons. The van der Waals surface area contributed by atoms with Crippen LogP contribution in [0.1, 0.15) is 41.5 Å². The van der Waals surface area contributed by atoms with Crippen molar-refractivity contribution in [2.45, 2.75) is 50.1 Å². The van der Waals surface area contributed by atoms with Gasteiger partial charge in [-0.2, -0.15) is 13.9 Å². The molecule has 1 aliphatic rings.